The van der Waals surface area contributed by atoms with Gasteiger partial charge in [0.25, 0.3) is 5.91 Å². The van der Waals surface area contributed by atoms with E-state index in [9.17, 15) is 15.0 Å². The lowest BCUT2D eigenvalue weighted by Gasteiger charge is -2.23. The zero-order valence-corrected chi connectivity index (χ0v) is 11.8. The highest BCUT2D eigenvalue weighted by molar-refractivity contribution is 5.97. The first-order chi connectivity index (χ1) is 9.56. The Hall–Kier alpha value is -1.71. The van der Waals surface area contributed by atoms with Gasteiger partial charge in [-0.1, -0.05) is 6.07 Å². The van der Waals surface area contributed by atoms with Crippen LogP contribution in [0.3, 0.4) is 0 Å². The van der Waals surface area contributed by atoms with Crippen LogP contribution in [0.25, 0.3) is 0 Å². The lowest BCUT2D eigenvalue weighted by atomic mass is 10.1. The Balaban J connectivity index is 1.81. The van der Waals surface area contributed by atoms with Crippen molar-refractivity contribution < 1.29 is 15.0 Å². The normalized spacial score (nSPS) is 18.1. The Morgan fingerprint density at radius 2 is 1.65 bits per heavy atom. The minimum Gasteiger partial charge on any atom is -0.504 e. The maximum absolute atomic E-state index is 12.6. The SMILES string of the molecule is Cc1ccc(C(=O)N(CC2CC2)CC2CC2)c(O)c1O. The van der Waals surface area contributed by atoms with Crippen LogP contribution in [0.1, 0.15) is 41.6 Å². The summed E-state index contributed by atoms with van der Waals surface area (Å²) in [5.41, 5.74) is 0.796. The molecule has 2 N–H and O–H groups in total. The topological polar surface area (TPSA) is 60.8 Å². The summed E-state index contributed by atoms with van der Waals surface area (Å²) in [7, 11) is 0. The van der Waals surface area contributed by atoms with E-state index in [0.717, 1.165) is 13.1 Å². The Morgan fingerprint density at radius 3 is 2.15 bits per heavy atom. The number of phenolic OH excluding ortho intramolecular Hbond substituents is 2. The van der Waals surface area contributed by atoms with Crippen molar-refractivity contribution in [2.45, 2.75) is 32.6 Å². The predicted octanol–water partition coefficient (Wildman–Crippen LogP) is 2.67. The van der Waals surface area contributed by atoms with Crippen LogP contribution >= 0.6 is 0 Å². The van der Waals surface area contributed by atoms with Crippen molar-refractivity contribution in [1.82, 2.24) is 4.90 Å². The molecule has 4 heteroatoms. The first kappa shape index (κ1) is 13.3. The molecular formula is C16H21NO3. The molecule has 0 bridgehead atoms. The monoisotopic (exact) mass is 275 g/mol. The molecule has 2 fully saturated rings. The number of aryl methyl sites for hydroxylation is 1. The highest BCUT2D eigenvalue weighted by atomic mass is 16.3. The van der Waals surface area contributed by atoms with Crippen molar-refractivity contribution in [2.75, 3.05) is 13.1 Å². The summed E-state index contributed by atoms with van der Waals surface area (Å²) in [5.74, 6) is 0.620. The molecule has 1 aromatic rings. The van der Waals surface area contributed by atoms with Gasteiger partial charge in [0.1, 0.15) is 0 Å². The van der Waals surface area contributed by atoms with Gasteiger partial charge < -0.3 is 15.1 Å². The molecule has 4 nitrogen and oxygen atoms in total. The van der Waals surface area contributed by atoms with Crippen molar-refractivity contribution in [3.05, 3.63) is 23.3 Å². The number of aromatic hydroxyl groups is 2. The second-order valence-corrected chi connectivity index (χ2v) is 6.22. The lowest BCUT2D eigenvalue weighted by molar-refractivity contribution is 0.0736. The van der Waals surface area contributed by atoms with Crippen molar-refractivity contribution in [3.63, 3.8) is 0 Å². The van der Waals surface area contributed by atoms with Gasteiger partial charge in [-0.15, -0.1) is 0 Å². The van der Waals surface area contributed by atoms with Crippen LogP contribution in [-0.2, 0) is 0 Å². The van der Waals surface area contributed by atoms with Gasteiger partial charge in [0, 0.05) is 13.1 Å². The number of carbonyl (C=O) groups excluding carboxylic acids is 1. The molecule has 3 rings (SSSR count). The molecule has 108 valence electrons. The average Bonchev–Trinajstić information content (AvgIpc) is 3.30. The molecule has 2 aliphatic rings. The molecule has 2 saturated carbocycles. The van der Waals surface area contributed by atoms with Gasteiger partial charge in [-0.3, -0.25) is 4.79 Å². The van der Waals surface area contributed by atoms with E-state index in [0.29, 0.717) is 17.4 Å². The summed E-state index contributed by atoms with van der Waals surface area (Å²) in [6, 6.07) is 3.29. The molecule has 0 aliphatic heterocycles. The fourth-order valence-electron chi connectivity index (χ4n) is 2.49. The number of phenols is 2. The molecule has 0 atom stereocenters. The van der Waals surface area contributed by atoms with Crippen molar-refractivity contribution in [3.8, 4) is 11.5 Å². The number of amides is 1. The maximum atomic E-state index is 12.6. The molecule has 0 heterocycles. The third-order valence-electron chi connectivity index (χ3n) is 4.22. The van der Waals surface area contributed by atoms with Crippen LogP contribution in [0, 0.1) is 18.8 Å². The van der Waals surface area contributed by atoms with Crippen LogP contribution in [0.5, 0.6) is 11.5 Å². The van der Waals surface area contributed by atoms with Crippen LogP contribution in [-0.4, -0.2) is 34.1 Å². The number of nitrogens with zero attached hydrogens (tertiary/aromatic N) is 1. The molecule has 0 saturated heterocycles. The molecule has 0 spiro atoms. The van der Waals surface area contributed by atoms with E-state index in [-0.39, 0.29) is 23.0 Å². The van der Waals surface area contributed by atoms with E-state index in [2.05, 4.69) is 0 Å². The maximum Gasteiger partial charge on any atom is 0.257 e. The van der Waals surface area contributed by atoms with E-state index in [1.165, 1.54) is 25.7 Å². The minimum absolute atomic E-state index is 0.156. The fourth-order valence-corrected chi connectivity index (χ4v) is 2.49. The molecule has 20 heavy (non-hydrogen) atoms. The van der Waals surface area contributed by atoms with Crippen LogP contribution < -0.4 is 0 Å². The molecular weight excluding hydrogens is 254 g/mol. The summed E-state index contributed by atoms with van der Waals surface area (Å²) in [6.07, 6.45) is 4.78. The van der Waals surface area contributed by atoms with E-state index in [1.807, 2.05) is 4.90 Å². The van der Waals surface area contributed by atoms with Gasteiger partial charge in [0.15, 0.2) is 11.5 Å². The Morgan fingerprint density at radius 1 is 1.10 bits per heavy atom. The first-order valence-electron chi connectivity index (χ1n) is 7.37. The molecule has 1 amide bonds. The molecule has 1 aromatic carbocycles. The molecule has 0 radical (unpaired) electrons. The highest BCUT2D eigenvalue weighted by Crippen LogP contribution is 2.37. The van der Waals surface area contributed by atoms with Crippen LogP contribution in [0.4, 0.5) is 0 Å². The lowest BCUT2D eigenvalue weighted by Crippen LogP contribution is -2.34. The number of carbonyl (C=O) groups is 1. The fraction of sp³-hybridized carbons (Fsp3) is 0.562. The number of benzene rings is 1. The molecule has 0 aromatic heterocycles. The van der Waals surface area contributed by atoms with Gasteiger partial charge >= 0.3 is 0 Å². The van der Waals surface area contributed by atoms with Crippen LogP contribution in [0.2, 0.25) is 0 Å². The summed E-state index contributed by atoms with van der Waals surface area (Å²) < 4.78 is 0. The van der Waals surface area contributed by atoms with Gasteiger partial charge in [0.2, 0.25) is 0 Å². The molecule has 0 unspecified atom stereocenters. The first-order valence-corrected chi connectivity index (χ1v) is 7.37. The standard InChI is InChI=1S/C16H21NO3/c1-10-2-7-13(15(19)14(10)18)16(20)17(8-11-3-4-11)9-12-5-6-12/h2,7,11-12,18-19H,3-6,8-9H2,1H3. The van der Waals surface area contributed by atoms with Crippen molar-refractivity contribution in [2.24, 2.45) is 11.8 Å². The van der Waals surface area contributed by atoms with E-state index in [4.69, 9.17) is 0 Å². The Bertz CT molecular complexity index is 519. The number of rotatable bonds is 5. The van der Waals surface area contributed by atoms with E-state index >= 15 is 0 Å². The van der Waals surface area contributed by atoms with E-state index in [1.54, 1.807) is 19.1 Å². The Kier molecular flexibility index (Phi) is 3.32. The number of hydrogen-bond acceptors (Lipinski definition) is 3. The van der Waals surface area contributed by atoms with E-state index < -0.39 is 0 Å². The second-order valence-electron chi connectivity index (χ2n) is 6.22. The molecule has 2 aliphatic carbocycles. The zero-order chi connectivity index (χ0) is 14.3. The van der Waals surface area contributed by atoms with Crippen molar-refractivity contribution in [1.29, 1.82) is 0 Å². The minimum atomic E-state index is -0.286. The van der Waals surface area contributed by atoms with Crippen molar-refractivity contribution >= 4 is 5.91 Å². The summed E-state index contributed by atoms with van der Waals surface area (Å²) in [5, 5.41) is 19.8. The average molecular weight is 275 g/mol. The second kappa shape index (κ2) is 5.00. The van der Waals surface area contributed by atoms with Gasteiger partial charge in [-0.05, 0) is 56.1 Å². The summed E-state index contributed by atoms with van der Waals surface area (Å²) in [4.78, 5) is 14.5. The van der Waals surface area contributed by atoms with Crippen LogP contribution in [0.15, 0.2) is 12.1 Å². The van der Waals surface area contributed by atoms with Gasteiger partial charge in [0.05, 0.1) is 5.56 Å². The third kappa shape index (κ3) is 2.74. The van der Waals surface area contributed by atoms with Gasteiger partial charge in [-0.2, -0.15) is 0 Å². The Labute approximate surface area is 119 Å². The third-order valence-corrected chi connectivity index (χ3v) is 4.22. The summed E-state index contributed by atoms with van der Waals surface area (Å²) >= 11 is 0. The highest BCUT2D eigenvalue weighted by Gasteiger charge is 2.33. The predicted molar refractivity (Wildman–Crippen MR) is 75.9 cm³/mol. The van der Waals surface area contributed by atoms with Gasteiger partial charge in [-0.25, -0.2) is 0 Å². The largest absolute Gasteiger partial charge is 0.504 e. The zero-order valence-electron chi connectivity index (χ0n) is 11.8. The number of hydrogen-bond donors (Lipinski definition) is 2. The summed E-state index contributed by atoms with van der Waals surface area (Å²) in [6.45, 7) is 3.27. The smallest absolute Gasteiger partial charge is 0.257 e. The quantitative estimate of drug-likeness (QED) is 0.812.